The zero-order valence-corrected chi connectivity index (χ0v) is 11.0. The Morgan fingerprint density at radius 2 is 2.25 bits per heavy atom. The molecular formula is C10H15NO3S2. The second kappa shape index (κ2) is 4.10. The van der Waals surface area contributed by atoms with Crippen LogP contribution in [0.4, 0.5) is 0 Å². The quantitative estimate of drug-likeness (QED) is 0.811. The van der Waals surface area contributed by atoms with Crippen molar-refractivity contribution in [3.05, 3.63) is 17.5 Å². The van der Waals surface area contributed by atoms with Gasteiger partial charge in [0.1, 0.15) is 4.21 Å². The predicted molar refractivity (Wildman–Crippen MR) is 63.1 cm³/mol. The normalized spacial score (nSPS) is 22.1. The van der Waals surface area contributed by atoms with E-state index in [-0.39, 0.29) is 0 Å². The van der Waals surface area contributed by atoms with Crippen LogP contribution in [0.5, 0.6) is 0 Å². The molecule has 1 aliphatic heterocycles. The molecule has 0 radical (unpaired) electrons. The van der Waals surface area contributed by atoms with Gasteiger partial charge in [-0.3, -0.25) is 0 Å². The Kier molecular flexibility index (Phi) is 3.09. The summed E-state index contributed by atoms with van der Waals surface area (Å²) >= 11 is 1.25. The Labute approximate surface area is 99.9 Å². The molecule has 0 unspecified atom stereocenters. The molecule has 90 valence electrons. The monoisotopic (exact) mass is 261 g/mol. The molecule has 1 aromatic rings. The minimum Gasteiger partial charge on any atom is -0.378 e. The molecule has 0 bridgehead atoms. The summed E-state index contributed by atoms with van der Waals surface area (Å²) in [5.41, 5.74) is -0.471. The molecule has 1 aliphatic rings. The number of thiophene rings is 1. The van der Waals surface area contributed by atoms with Gasteiger partial charge in [-0.2, -0.15) is 4.31 Å². The second-order valence-electron chi connectivity index (χ2n) is 4.37. The number of hydrogen-bond acceptors (Lipinski definition) is 4. The van der Waals surface area contributed by atoms with Crippen molar-refractivity contribution in [3.63, 3.8) is 0 Å². The Bertz CT molecular complexity index is 450. The summed E-state index contributed by atoms with van der Waals surface area (Å²) in [6.07, 6.45) is 0. The van der Waals surface area contributed by atoms with Gasteiger partial charge in [0.05, 0.1) is 18.8 Å². The van der Waals surface area contributed by atoms with Crippen molar-refractivity contribution in [1.82, 2.24) is 4.31 Å². The smallest absolute Gasteiger partial charge is 0.253 e. The van der Waals surface area contributed by atoms with Crippen LogP contribution in [0.2, 0.25) is 0 Å². The average molecular weight is 261 g/mol. The van der Waals surface area contributed by atoms with Crippen molar-refractivity contribution in [1.29, 1.82) is 0 Å². The van der Waals surface area contributed by atoms with E-state index in [0.29, 0.717) is 24.0 Å². The van der Waals surface area contributed by atoms with Crippen LogP contribution in [0, 0.1) is 0 Å². The van der Waals surface area contributed by atoms with Gasteiger partial charge in [0.25, 0.3) is 10.0 Å². The van der Waals surface area contributed by atoms with E-state index in [1.165, 1.54) is 15.6 Å². The molecule has 0 spiro atoms. The van der Waals surface area contributed by atoms with Crippen LogP contribution in [0.1, 0.15) is 13.8 Å². The van der Waals surface area contributed by atoms with Gasteiger partial charge in [0.2, 0.25) is 0 Å². The largest absolute Gasteiger partial charge is 0.378 e. The highest BCUT2D eigenvalue weighted by Gasteiger charge is 2.40. The number of morpholine rings is 1. The summed E-state index contributed by atoms with van der Waals surface area (Å²) in [7, 11) is -3.35. The van der Waals surface area contributed by atoms with Crippen LogP contribution in [0.25, 0.3) is 0 Å². The maximum atomic E-state index is 12.3. The molecule has 2 heterocycles. The lowest BCUT2D eigenvalue weighted by atomic mass is 10.1. The van der Waals surface area contributed by atoms with E-state index in [9.17, 15) is 8.42 Å². The van der Waals surface area contributed by atoms with Crippen LogP contribution >= 0.6 is 11.3 Å². The van der Waals surface area contributed by atoms with Gasteiger partial charge in [-0.1, -0.05) is 6.07 Å². The number of nitrogens with zero attached hydrogens (tertiary/aromatic N) is 1. The highest BCUT2D eigenvalue weighted by molar-refractivity contribution is 7.91. The first kappa shape index (κ1) is 12.0. The third kappa shape index (κ3) is 2.02. The Hall–Kier alpha value is -0.430. The van der Waals surface area contributed by atoms with Crippen molar-refractivity contribution in [2.45, 2.75) is 23.6 Å². The molecule has 1 aromatic heterocycles. The number of sulfonamides is 1. The summed E-state index contributed by atoms with van der Waals surface area (Å²) in [5, 5.41) is 1.78. The van der Waals surface area contributed by atoms with Crippen LogP contribution in [-0.2, 0) is 14.8 Å². The van der Waals surface area contributed by atoms with Gasteiger partial charge < -0.3 is 4.74 Å². The number of ether oxygens (including phenoxy) is 1. The zero-order chi connectivity index (χ0) is 11.8. The molecule has 6 heteroatoms. The summed E-state index contributed by atoms with van der Waals surface area (Å²) in [6, 6.07) is 3.40. The van der Waals surface area contributed by atoms with Crippen molar-refractivity contribution in [3.8, 4) is 0 Å². The van der Waals surface area contributed by atoms with Gasteiger partial charge in [-0.15, -0.1) is 11.3 Å². The maximum absolute atomic E-state index is 12.3. The highest BCUT2D eigenvalue weighted by atomic mass is 32.2. The van der Waals surface area contributed by atoms with Crippen molar-refractivity contribution in [2.75, 3.05) is 19.8 Å². The predicted octanol–water partition coefficient (Wildman–Crippen LogP) is 1.55. The van der Waals surface area contributed by atoms with Crippen molar-refractivity contribution < 1.29 is 13.2 Å². The minimum atomic E-state index is -3.35. The minimum absolute atomic E-state index is 0.405. The topological polar surface area (TPSA) is 46.6 Å². The molecular weight excluding hydrogens is 246 g/mol. The van der Waals surface area contributed by atoms with E-state index < -0.39 is 15.6 Å². The maximum Gasteiger partial charge on any atom is 0.253 e. The Morgan fingerprint density at radius 1 is 1.50 bits per heavy atom. The molecule has 0 saturated carbocycles. The van der Waals surface area contributed by atoms with Gasteiger partial charge >= 0.3 is 0 Å². The molecule has 1 fully saturated rings. The fraction of sp³-hybridized carbons (Fsp3) is 0.600. The highest BCUT2D eigenvalue weighted by Crippen LogP contribution is 2.29. The fourth-order valence-corrected chi connectivity index (χ4v) is 4.67. The average Bonchev–Trinajstić information content (AvgIpc) is 2.69. The van der Waals surface area contributed by atoms with E-state index in [4.69, 9.17) is 4.74 Å². The number of rotatable bonds is 2. The van der Waals surface area contributed by atoms with E-state index in [1.807, 2.05) is 13.8 Å². The van der Waals surface area contributed by atoms with E-state index in [2.05, 4.69) is 0 Å². The molecule has 0 amide bonds. The van der Waals surface area contributed by atoms with Crippen LogP contribution in [0.15, 0.2) is 21.7 Å². The molecule has 0 aliphatic carbocycles. The Balaban J connectivity index is 2.37. The Morgan fingerprint density at radius 3 is 2.81 bits per heavy atom. The molecule has 0 atom stereocenters. The first-order chi connectivity index (χ1) is 7.44. The number of hydrogen-bond donors (Lipinski definition) is 0. The van der Waals surface area contributed by atoms with E-state index in [0.717, 1.165) is 0 Å². The second-order valence-corrected chi connectivity index (χ2v) is 7.41. The molecule has 16 heavy (non-hydrogen) atoms. The van der Waals surface area contributed by atoms with E-state index >= 15 is 0 Å². The summed E-state index contributed by atoms with van der Waals surface area (Å²) in [6.45, 7) is 5.10. The summed E-state index contributed by atoms with van der Waals surface area (Å²) in [4.78, 5) is 0. The molecule has 4 nitrogen and oxygen atoms in total. The standard InChI is InChI=1S/C10H15NO3S2/c1-10(2)8-14-6-5-11(10)16(12,13)9-4-3-7-15-9/h3-4,7H,5-6,8H2,1-2H3. The lowest BCUT2D eigenvalue weighted by Crippen LogP contribution is -2.55. The molecule has 0 N–H and O–H groups in total. The van der Waals surface area contributed by atoms with Crippen LogP contribution < -0.4 is 0 Å². The van der Waals surface area contributed by atoms with Gasteiger partial charge in [-0.05, 0) is 25.3 Å². The summed E-state index contributed by atoms with van der Waals surface area (Å²) < 4.78 is 32.0. The lowest BCUT2D eigenvalue weighted by molar-refractivity contribution is -0.00761. The van der Waals surface area contributed by atoms with Crippen molar-refractivity contribution in [2.24, 2.45) is 0 Å². The fourth-order valence-electron chi connectivity index (χ4n) is 1.81. The van der Waals surface area contributed by atoms with E-state index in [1.54, 1.807) is 17.5 Å². The van der Waals surface area contributed by atoms with Crippen LogP contribution in [0.3, 0.4) is 0 Å². The third-order valence-electron chi connectivity index (χ3n) is 2.61. The first-order valence-corrected chi connectivity index (χ1v) is 7.41. The first-order valence-electron chi connectivity index (χ1n) is 5.09. The van der Waals surface area contributed by atoms with Crippen LogP contribution in [-0.4, -0.2) is 38.0 Å². The van der Waals surface area contributed by atoms with Gasteiger partial charge in [0.15, 0.2) is 0 Å². The lowest BCUT2D eigenvalue weighted by Gasteiger charge is -2.40. The van der Waals surface area contributed by atoms with Crippen molar-refractivity contribution >= 4 is 21.4 Å². The SMILES string of the molecule is CC1(C)COCCN1S(=O)(=O)c1cccs1. The molecule has 2 rings (SSSR count). The third-order valence-corrected chi connectivity index (χ3v) is 6.09. The zero-order valence-electron chi connectivity index (χ0n) is 9.34. The molecule has 0 aromatic carbocycles. The van der Waals surface area contributed by atoms with Gasteiger partial charge in [-0.25, -0.2) is 8.42 Å². The van der Waals surface area contributed by atoms with Gasteiger partial charge in [0, 0.05) is 6.54 Å². The summed E-state index contributed by atoms with van der Waals surface area (Å²) in [5.74, 6) is 0. The molecule has 1 saturated heterocycles.